The first-order valence-electron chi connectivity index (χ1n) is 10.9. The van der Waals surface area contributed by atoms with E-state index in [9.17, 15) is 18.4 Å². The number of hydrogen-bond donors (Lipinski definition) is 1. The van der Waals surface area contributed by atoms with Gasteiger partial charge in [0.1, 0.15) is 11.9 Å². The molecule has 184 valence electrons. The Kier molecular flexibility index (Phi) is 7.10. The molecule has 10 nitrogen and oxygen atoms in total. The molecule has 34 heavy (non-hydrogen) atoms. The van der Waals surface area contributed by atoms with Crippen LogP contribution in [0.1, 0.15) is 43.1 Å². The van der Waals surface area contributed by atoms with Crippen molar-refractivity contribution >= 4 is 29.2 Å². The van der Waals surface area contributed by atoms with Gasteiger partial charge in [0.2, 0.25) is 11.8 Å². The van der Waals surface area contributed by atoms with Gasteiger partial charge in [-0.15, -0.1) is 11.3 Å². The number of methoxy groups -OCH3 is 1. The number of aromatic nitrogens is 3. The second kappa shape index (κ2) is 10.0. The van der Waals surface area contributed by atoms with Gasteiger partial charge in [0.05, 0.1) is 26.8 Å². The van der Waals surface area contributed by atoms with E-state index >= 15 is 0 Å². The van der Waals surface area contributed by atoms with Crippen molar-refractivity contribution in [2.45, 2.75) is 50.7 Å². The maximum Gasteiger partial charge on any atom is 0.409 e. The summed E-state index contributed by atoms with van der Waals surface area (Å²) in [7, 11) is 1.31. The van der Waals surface area contributed by atoms with Crippen LogP contribution in [0.15, 0.2) is 11.4 Å². The van der Waals surface area contributed by atoms with E-state index in [2.05, 4.69) is 25.0 Å². The summed E-state index contributed by atoms with van der Waals surface area (Å²) in [5, 5.41) is 5.14. The second-order valence-electron chi connectivity index (χ2n) is 8.06. The number of thiazole rings is 1. The number of hydrogen-bond acceptors (Lipinski definition) is 10. The normalized spacial score (nSPS) is 18.2. The minimum absolute atomic E-state index is 0.147. The average Bonchev–Trinajstić information content (AvgIpc) is 3.28. The van der Waals surface area contributed by atoms with Crippen molar-refractivity contribution in [3.05, 3.63) is 17.1 Å². The zero-order valence-corrected chi connectivity index (χ0v) is 19.6. The van der Waals surface area contributed by atoms with Crippen LogP contribution in [0.25, 0.3) is 10.8 Å². The van der Waals surface area contributed by atoms with Crippen molar-refractivity contribution < 1.29 is 32.6 Å². The number of alkyl halides is 2. The van der Waals surface area contributed by atoms with Crippen LogP contribution < -0.4 is 10.1 Å². The molecule has 1 aliphatic carbocycles. The van der Waals surface area contributed by atoms with Gasteiger partial charge in [-0.05, 0) is 19.8 Å². The van der Waals surface area contributed by atoms with Gasteiger partial charge in [-0.1, -0.05) is 0 Å². The molecule has 0 radical (unpaired) electrons. The van der Waals surface area contributed by atoms with Crippen LogP contribution in [-0.2, 0) is 9.47 Å². The molecule has 2 fully saturated rings. The number of halogens is 2. The Balaban J connectivity index is 1.53. The van der Waals surface area contributed by atoms with Crippen molar-refractivity contribution in [1.29, 1.82) is 0 Å². The fourth-order valence-corrected chi connectivity index (χ4v) is 4.41. The molecule has 2 aliphatic rings. The molecule has 1 N–H and O–H groups in total. The fourth-order valence-electron chi connectivity index (χ4n) is 3.69. The van der Waals surface area contributed by atoms with E-state index in [0.717, 1.165) is 0 Å². The highest BCUT2D eigenvalue weighted by Gasteiger charge is 2.36. The van der Waals surface area contributed by atoms with Crippen molar-refractivity contribution in [2.24, 2.45) is 0 Å². The predicted molar refractivity (Wildman–Crippen MR) is 118 cm³/mol. The molecule has 13 heteroatoms. The third-order valence-electron chi connectivity index (χ3n) is 5.52. The molecule has 0 aromatic carbocycles. The molecule has 0 atom stereocenters. The molecule has 1 aliphatic heterocycles. The molecular formula is C21H25F2N5O5S. The summed E-state index contributed by atoms with van der Waals surface area (Å²) in [6.07, 6.45) is -0.476. The molecule has 2 aromatic heterocycles. The van der Waals surface area contributed by atoms with E-state index in [1.165, 1.54) is 23.3 Å². The minimum Gasteiger partial charge on any atom is -0.470 e. The van der Waals surface area contributed by atoms with E-state index in [-0.39, 0.29) is 49.0 Å². The van der Waals surface area contributed by atoms with E-state index in [1.807, 2.05) is 0 Å². The molecule has 1 amide bonds. The average molecular weight is 498 g/mol. The lowest BCUT2D eigenvalue weighted by Crippen LogP contribution is -2.56. The Morgan fingerprint density at radius 2 is 1.97 bits per heavy atom. The van der Waals surface area contributed by atoms with E-state index in [0.29, 0.717) is 36.8 Å². The quantitative estimate of drug-likeness (QED) is 0.573. The van der Waals surface area contributed by atoms with Crippen LogP contribution in [0.2, 0.25) is 0 Å². The van der Waals surface area contributed by atoms with E-state index in [4.69, 9.17) is 9.47 Å². The molecule has 1 saturated carbocycles. The van der Waals surface area contributed by atoms with Gasteiger partial charge in [-0.25, -0.2) is 28.3 Å². The van der Waals surface area contributed by atoms with Crippen LogP contribution in [0.4, 0.5) is 19.4 Å². The summed E-state index contributed by atoms with van der Waals surface area (Å²) in [5.41, 5.74) is 0.147. The Hall–Kier alpha value is -3.09. The molecule has 0 unspecified atom stereocenters. The number of amides is 1. The number of nitrogens with one attached hydrogen (secondary N) is 1. The number of esters is 1. The summed E-state index contributed by atoms with van der Waals surface area (Å²) >= 11 is 1.18. The van der Waals surface area contributed by atoms with Crippen LogP contribution in [0.3, 0.4) is 0 Å². The fraction of sp³-hybridized carbons (Fsp3) is 0.571. The molecule has 2 aromatic rings. The molecule has 0 bridgehead atoms. The lowest BCUT2D eigenvalue weighted by Gasteiger charge is -2.37. The summed E-state index contributed by atoms with van der Waals surface area (Å²) < 4.78 is 42.7. The highest BCUT2D eigenvalue weighted by molar-refractivity contribution is 7.13. The third kappa shape index (κ3) is 5.69. The largest absolute Gasteiger partial charge is 0.470 e. The molecule has 3 heterocycles. The molecule has 0 spiro atoms. The smallest absolute Gasteiger partial charge is 0.409 e. The van der Waals surface area contributed by atoms with Gasteiger partial charge in [0, 0.05) is 30.3 Å². The maximum atomic E-state index is 13.5. The van der Waals surface area contributed by atoms with Gasteiger partial charge in [0.25, 0.3) is 0 Å². The van der Waals surface area contributed by atoms with Crippen molar-refractivity contribution in [1.82, 2.24) is 19.9 Å². The Morgan fingerprint density at radius 3 is 2.65 bits per heavy atom. The number of ether oxygens (including phenoxy) is 3. The van der Waals surface area contributed by atoms with Gasteiger partial charge in [0.15, 0.2) is 16.5 Å². The second-order valence-corrected chi connectivity index (χ2v) is 8.92. The first-order chi connectivity index (χ1) is 16.3. The molecule has 1 saturated heterocycles. The van der Waals surface area contributed by atoms with Crippen LogP contribution in [0.5, 0.6) is 5.88 Å². The van der Waals surface area contributed by atoms with Crippen molar-refractivity contribution in [2.75, 3.05) is 32.1 Å². The standard InChI is InChI=1S/C21H25F2N5O5S/c1-3-32-19(29)14-11-34-18(25-14)17-26-15(24-12-4-6-21(22,23)7-5-12)8-16(27-17)33-13-9-28(10-13)20(30)31-2/h8,11-13H,3-7,9-10H2,1-2H3,(H,24,26,27). The highest BCUT2D eigenvalue weighted by atomic mass is 32.1. The highest BCUT2D eigenvalue weighted by Crippen LogP contribution is 2.35. The Bertz CT molecular complexity index is 1040. The summed E-state index contributed by atoms with van der Waals surface area (Å²) in [6, 6.07) is 1.43. The minimum atomic E-state index is -2.64. The number of rotatable bonds is 7. The maximum absolute atomic E-state index is 13.5. The predicted octanol–water partition coefficient (Wildman–Crippen LogP) is 3.60. The zero-order chi connectivity index (χ0) is 24.3. The summed E-state index contributed by atoms with van der Waals surface area (Å²) in [4.78, 5) is 38.2. The SMILES string of the molecule is CCOC(=O)c1csc(-c2nc(NC3CCC(F)(F)CC3)cc(OC3CN(C(=O)OC)C3)n2)n1. The first kappa shape index (κ1) is 24.0. The number of carbonyl (C=O) groups is 2. The number of carbonyl (C=O) groups excluding carboxylic acids is 2. The van der Waals surface area contributed by atoms with Crippen LogP contribution >= 0.6 is 11.3 Å². The Labute approximate surface area is 198 Å². The van der Waals surface area contributed by atoms with Crippen molar-refractivity contribution in [3.8, 4) is 16.7 Å². The lowest BCUT2D eigenvalue weighted by molar-refractivity contribution is -0.0361. The molecular weight excluding hydrogens is 472 g/mol. The van der Waals surface area contributed by atoms with Gasteiger partial charge in [-0.3, -0.25) is 0 Å². The summed E-state index contributed by atoms with van der Waals surface area (Å²) in [6.45, 7) is 2.62. The molecule has 4 rings (SSSR count). The number of anilines is 1. The zero-order valence-electron chi connectivity index (χ0n) is 18.8. The number of nitrogens with zero attached hydrogens (tertiary/aromatic N) is 4. The topological polar surface area (TPSA) is 116 Å². The first-order valence-corrected chi connectivity index (χ1v) is 11.8. The van der Waals surface area contributed by atoms with Gasteiger partial charge in [-0.2, -0.15) is 4.98 Å². The summed E-state index contributed by atoms with van der Waals surface area (Å²) in [5.74, 6) is -2.30. The monoisotopic (exact) mass is 497 g/mol. The van der Waals surface area contributed by atoms with Crippen molar-refractivity contribution in [3.63, 3.8) is 0 Å². The van der Waals surface area contributed by atoms with E-state index < -0.39 is 18.0 Å². The Morgan fingerprint density at radius 1 is 1.24 bits per heavy atom. The van der Waals surface area contributed by atoms with Gasteiger partial charge < -0.3 is 24.4 Å². The lowest BCUT2D eigenvalue weighted by atomic mass is 9.92. The van der Waals surface area contributed by atoms with Gasteiger partial charge >= 0.3 is 12.1 Å². The third-order valence-corrected chi connectivity index (χ3v) is 6.36. The van der Waals surface area contributed by atoms with Crippen LogP contribution in [-0.4, -0.2) is 76.8 Å². The van der Waals surface area contributed by atoms with Crippen LogP contribution in [0, 0.1) is 0 Å². The van der Waals surface area contributed by atoms with E-state index in [1.54, 1.807) is 18.4 Å². The number of likely N-dealkylation sites (tertiary alicyclic amines) is 1.